The van der Waals surface area contributed by atoms with Crippen LogP contribution in [-0.2, 0) is 4.74 Å². The number of carbonyl (C=O) groups is 1. The molecule has 0 radical (unpaired) electrons. The summed E-state index contributed by atoms with van der Waals surface area (Å²) in [4.78, 5) is 15.8. The number of hydrogen-bond acceptors (Lipinski definition) is 4. The van der Waals surface area contributed by atoms with E-state index in [0.29, 0.717) is 31.9 Å². The van der Waals surface area contributed by atoms with Gasteiger partial charge in [-0.15, -0.1) is 0 Å². The average Bonchev–Trinajstić information content (AvgIpc) is 2.52. The fourth-order valence-corrected chi connectivity index (χ4v) is 2.85. The number of halogens is 1. The summed E-state index contributed by atoms with van der Waals surface area (Å²) in [6, 6.07) is 5.18. The predicted molar refractivity (Wildman–Crippen MR) is 100 cm³/mol. The summed E-state index contributed by atoms with van der Waals surface area (Å²) in [5.74, 6) is -0.521. The van der Waals surface area contributed by atoms with Crippen molar-refractivity contribution in [3.05, 3.63) is 34.6 Å². The lowest BCUT2D eigenvalue weighted by Gasteiger charge is -2.37. The summed E-state index contributed by atoms with van der Waals surface area (Å²) in [6.45, 7) is 11.3. The fraction of sp³-hybridized carbons (Fsp3) is 0.500. The molecule has 1 aliphatic rings. The second kappa shape index (κ2) is 7.77. The maximum absolute atomic E-state index is 14.3. The predicted octanol–water partition coefficient (Wildman–Crippen LogP) is 4.18. The minimum Gasteiger partial charge on any atom is -0.444 e. The van der Waals surface area contributed by atoms with Crippen LogP contribution in [0.3, 0.4) is 0 Å². The standard InChI is InChI=1S/C20H26FN3O2/c1-14(2)10-15-11-17(21)16(13-22)18(12-15)23-6-8-24(9-7-23)19(25)26-20(3,4)5/h10-12H,6-9H2,1-5H3. The Morgan fingerprint density at radius 2 is 1.85 bits per heavy atom. The summed E-state index contributed by atoms with van der Waals surface area (Å²) >= 11 is 0. The third-order valence-corrected chi connectivity index (χ3v) is 3.93. The van der Waals surface area contributed by atoms with Gasteiger partial charge in [-0.2, -0.15) is 5.26 Å². The van der Waals surface area contributed by atoms with Crippen molar-refractivity contribution in [3.63, 3.8) is 0 Å². The Labute approximate surface area is 154 Å². The van der Waals surface area contributed by atoms with Crippen molar-refractivity contribution in [3.8, 4) is 6.07 Å². The quantitative estimate of drug-likeness (QED) is 0.795. The largest absolute Gasteiger partial charge is 0.444 e. The molecule has 1 heterocycles. The number of piperazine rings is 1. The van der Waals surface area contributed by atoms with E-state index in [2.05, 4.69) is 0 Å². The number of nitriles is 1. The Kier molecular flexibility index (Phi) is 5.91. The van der Waals surface area contributed by atoms with E-state index in [1.165, 1.54) is 6.07 Å². The smallest absolute Gasteiger partial charge is 0.410 e. The topological polar surface area (TPSA) is 56.6 Å². The number of anilines is 1. The normalized spacial score (nSPS) is 14.7. The van der Waals surface area contributed by atoms with Crippen molar-refractivity contribution in [2.24, 2.45) is 0 Å². The van der Waals surface area contributed by atoms with Crippen LogP contribution in [0.1, 0.15) is 45.7 Å². The molecule has 6 heteroatoms. The van der Waals surface area contributed by atoms with Gasteiger partial charge < -0.3 is 14.5 Å². The molecule has 0 spiro atoms. The Bertz CT molecular complexity index is 748. The molecular formula is C20H26FN3O2. The Morgan fingerprint density at radius 1 is 1.23 bits per heavy atom. The van der Waals surface area contributed by atoms with Crippen molar-refractivity contribution < 1.29 is 13.9 Å². The van der Waals surface area contributed by atoms with Gasteiger partial charge in [0, 0.05) is 26.2 Å². The molecule has 5 nitrogen and oxygen atoms in total. The van der Waals surface area contributed by atoms with Crippen LogP contribution in [0.15, 0.2) is 17.7 Å². The molecule has 0 aromatic heterocycles. The van der Waals surface area contributed by atoms with Gasteiger partial charge in [-0.25, -0.2) is 9.18 Å². The minimum absolute atomic E-state index is 0.0432. The fourth-order valence-electron chi connectivity index (χ4n) is 2.85. The highest BCUT2D eigenvalue weighted by Crippen LogP contribution is 2.27. The molecule has 0 aliphatic carbocycles. The van der Waals surface area contributed by atoms with Crippen LogP contribution in [-0.4, -0.2) is 42.8 Å². The second-order valence-corrected chi connectivity index (χ2v) is 7.68. The highest BCUT2D eigenvalue weighted by Gasteiger charge is 2.27. The molecular weight excluding hydrogens is 333 g/mol. The molecule has 1 fully saturated rings. The van der Waals surface area contributed by atoms with E-state index in [-0.39, 0.29) is 11.7 Å². The lowest BCUT2D eigenvalue weighted by Crippen LogP contribution is -2.50. The van der Waals surface area contributed by atoms with E-state index in [0.717, 1.165) is 11.1 Å². The molecule has 140 valence electrons. The summed E-state index contributed by atoms with van der Waals surface area (Å²) < 4.78 is 19.7. The zero-order valence-corrected chi connectivity index (χ0v) is 16.1. The maximum Gasteiger partial charge on any atom is 0.410 e. The lowest BCUT2D eigenvalue weighted by atomic mass is 10.1. The summed E-state index contributed by atoms with van der Waals surface area (Å²) in [5, 5.41) is 9.35. The van der Waals surface area contributed by atoms with Gasteiger partial charge >= 0.3 is 6.09 Å². The van der Waals surface area contributed by atoms with Gasteiger partial charge in [-0.1, -0.05) is 11.6 Å². The number of ether oxygens (including phenoxy) is 1. The zero-order valence-electron chi connectivity index (χ0n) is 16.1. The van der Waals surface area contributed by atoms with Crippen molar-refractivity contribution in [1.82, 2.24) is 4.90 Å². The van der Waals surface area contributed by atoms with Gasteiger partial charge in [-0.3, -0.25) is 0 Å². The minimum atomic E-state index is -0.538. The first-order valence-corrected chi connectivity index (χ1v) is 8.72. The van der Waals surface area contributed by atoms with E-state index >= 15 is 0 Å². The van der Waals surface area contributed by atoms with Crippen molar-refractivity contribution in [1.29, 1.82) is 5.26 Å². The Morgan fingerprint density at radius 3 is 2.35 bits per heavy atom. The van der Waals surface area contributed by atoms with Gasteiger partial charge in [0.1, 0.15) is 23.1 Å². The molecule has 1 aromatic rings. The third-order valence-electron chi connectivity index (χ3n) is 3.93. The number of rotatable bonds is 2. The molecule has 1 aliphatic heterocycles. The first kappa shape index (κ1) is 19.8. The van der Waals surface area contributed by atoms with Crippen LogP contribution in [0, 0.1) is 17.1 Å². The van der Waals surface area contributed by atoms with E-state index in [9.17, 15) is 14.4 Å². The first-order valence-electron chi connectivity index (χ1n) is 8.72. The maximum atomic E-state index is 14.3. The van der Waals surface area contributed by atoms with Gasteiger partial charge in [-0.05, 0) is 52.3 Å². The number of benzene rings is 1. The number of hydrogen-bond donors (Lipinski definition) is 0. The molecule has 1 amide bonds. The van der Waals surface area contributed by atoms with Crippen LogP contribution in [0.2, 0.25) is 0 Å². The number of amides is 1. The number of carbonyl (C=O) groups excluding carboxylic acids is 1. The number of allylic oxidation sites excluding steroid dienone is 1. The van der Waals surface area contributed by atoms with Crippen LogP contribution < -0.4 is 4.90 Å². The van der Waals surface area contributed by atoms with Crippen LogP contribution >= 0.6 is 0 Å². The molecule has 26 heavy (non-hydrogen) atoms. The first-order chi connectivity index (χ1) is 12.1. The second-order valence-electron chi connectivity index (χ2n) is 7.68. The van der Waals surface area contributed by atoms with Crippen molar-refractivity contribution in [2.45, 2.75) is 40.2 Å². The third kappa shape index (κ3) is 4.98. The molecule has 0 N–H and O–H groups in total. The van der Waals surface area contributed by atoms with Crippen LogP contribution in [0.4, 0.5) is 14.9 Å². The summed E-state index contributed by atoms with van der Waals surface area (Å²) in [6.07, 6.45) is 1.53. The SMILES string of the molecule is CC(C)=Cc1cc(F)c(C#N)c(N2CCN(C(=O)OC(C)(C)C)CC2)c1. The van der Waals surface area contributed by atoms with Crippen molar-refractivity contribution in [2.75, 3.05) is 31.1 Å². The zero-order chi connectivity index (χ0) is 19.5. The average molecular weight is 359 g/mol. The Balaban J connectivity index is 2.18. The van der Waals surface area contributed by atoms with Crippen molar-refractivity contribution >= 4 is 17.9 Å². The highest BCUT2D eigenvalue weighted by molar-refractivity contribution is 5.70. The molecule has 0 bridgehead atoms. The monoisotopic (exact) mass is 359 g/mol. The van der Waals surface area contributed by atoms with E-state index in [4.69, 9.17) is 4.74 Å². The molecule has 0 unspecified atom stereocenters. The molecule has 1 saturated heterocycles. The van der Waals surface area contributed by atoms with Gasteiger partial charge in [0.2, 0.25) is 0 Å². The molecule has 1 aromatic carbocycles. The summed E-state index contributed by atoms with van der Waals surface area (Å²) in [5.41, 5.74) is 1.86. The van der Waals surface area contributed by atoms with E-state index < -0.39 is 11.4 Å². The van der Waals surface area contributed by atoms with E-state index in [1.54, 1.807) is 4.90 Å². The van der Waals surface area contributed by atoms with Crippen LogP contribution in [0.25, 0.3) is 6.08 Å². The molecule has 2 rings (SSSR count). The molecule has 0 saturated carbocycles. The molecule has 0 atom stereocenters. The number of nitrogens with zero attached hydrogens (tertiary/aromatic N) is 3. The van der Waals surface area contributed by atoms with Gasteiger partial charge in [0.05, 0.1) is 5.69 Å². The lowest BCUT2D eigenvalue weighted by molar-refractivity contribution is 0.0240. The van der Waals surface area contributed by atoms with Gasteiger partial charge in [0.25, 0.3) is 0 Å². The highest BCUT2D eigenvalue weighted by atomic mass is 19.1. The summed E-state index contributed by atoms with van der Waals surface area (Å²) in [7, 11) is 0. The van der Waals surface area contributed by atoms with E-state index in [1.807, 2.05) is 57.7 Å². The van der Waals surface area contributed by atoms with Gasteiger partial charge in [0.15, 0.2) is 0 Å². The Hall–Kier alpha value is -2.55. The van der Waals surface area contributed by atoms with Crippen LogP contribution in [0.5, 0.6) is 0 Å².